The van der Waals surface area contributed by atoms with Gasteiger partial charge in [0, 0.05) is 30.3 Å². The van der Waals surface area contributed by atoms with Crippen molar-refractivity contribution in [3.05, 3.63) is 5.89 Å². The molecule has 1 atom stereocenters. The van der Waals surface area contributed by atoms with Gasteiger partial charge in [-0.25, -0.2) is 4.79 Å². The van der Waals surface area contributed by atoms with Crippen molar-refractivity contribution in [3.8, 4) is 0 Å². The molecular formula is C23H37N5O5S. The molecule has 10 nitrogen and oxygen atoms in total. The molecule has 1 aromatic heterocycles. The lowest BCUT2D eigenvalue weighted by atomic mass is 9.85. The van der Waals surface area contributed by atoms with Gasteiger partial charge in [0.15, 0.2) is 0 Å². The van der Waals surface area contributed by atoms with Gasteiger partial charge in [-0.15, -0.1) is 10.2 Å². The third kappa shape index (κ3) is 7.69. The van der Waals surface area contributed by atoms with E-state index in [1.54, 1.807) is 4.90 Å². The van der Waals surface area contributed by atoms with Gasteiger partial charge in [0.25, 0.3) is 5.22 Å². The van der Waals surface area contributed by atoms with Gasteiger partial charge >= 0.3 is 6.03 Å². The molecule has 2 aliphatic rings. The molecule has 190 valence electrons. The van der Waals surface area contributed by atoms with E-state index in [-0.39, 0.29) is 40.9 Å². The minimum absolute atomic E-state index is 0.0441. The standard InChI is InChI=1S/C23H37N5O5S/c1-4-5-6-18(21-26-27-23(33-21)34-15(2)3)20(30)25-19(29)16-7-9-17(10-8-16)24-22(31)28-11-13-32-14-12-28/h15-18H,4-14H2,1-3H3,(H,24,31)(H,25,29,30)/t16?,17?,18-/m1/s1. The Morgan fingerprint density at radius 2 is 1.82 bits per heavy atom. The van der Waals surface area contributed by atoms with Crippen molar-refractivity contribution >= 4 is 29.6 Å². The number of thioether (sulfide) groups is 1. The monoisotopic (exact) mass is 495 g/mol. The number of nitrogens with one attached hydrogen (secondary N) is 2. The average Bonchev–Trinajstić information content (AvgIpc) is 3.27. The highest BCUT2D eigenvalue weighted by atomic mass is 32.2. The molecule has 34 heavy (non-hydrogen) atoms. The molecule has 0 spiro atoms. The summed E-state index contributed by atoms with van der Waals surface area (Å²) in [6.07, 6.45) is 4.95. The topological polar surface area (TPSA) is 127 Å². The van der Waals surface area contributed by atoms with Gasteiger partial charge in [-0.05, 0) is 32.1 Å². The molecule has 2 N–H and O–H groups in total. The van der Waals surface area contributed by atoms with Crippen molar-refractivity contribution in [2.24, 2.45) is 5.92 Å². The Morgan fingerprint density at radius 1 is 1.12 bits per heavy atom. The highest BCUT2D eigenvalue weighted by molar-refractivity contribution is 7.99. The van der Waals surface area contributed by atoms with E-state index in [2.05, 4.69) is 20.8 Å². The molecule has 1 aliphatic carbocycles. The van der Waals surface area contributed by atoms with E-state index in [4.69, 9.17) is 9.15 Å². The fourth-order valence-electron chi connectivity index (χ4n) is 4.23. The number of nitrogens with zero attached hydrogens (tertiary/aromatic N) is 3. The maximum absolute atomic E-state index is 13.0. The first-order chi connectivity index (χ1) is 16.4. The Morgan fingerprint density at radius 3 is 2.47 bits per heavy atom. The summed E-state index contributed by atoms with van der Waals surface area (Å²) in [6, 6.07) is -0.0256. The molecule has 1 aliphatic heterocycles. The second-order valence-electron chi connectivity index (χ2n) is 9.22. The Bertz CT molecular complexity index is 818. The van der Waals surface area contributed by atoms with Gasteiger partial charge in [0.05, 0.1) is 13.2 Å². The fraction of sp³-hybridized carbons (Fsp3) is 0.783. The molecule has 2 fully saturated rings. The number of unbranched alkanes of at least 4 members (excludes halogenated alkanes) is 1. The summed E-state index contributed by atoms with van der Waals surface area (Å²) in [6.45, 7) is 8.42. The molecule has 11 heteroatoms. The molecular weight excluding hydrogens is 458 g/mol. The predicted octanol–water partition coefficient (Wildman–Crippen LogP) is 3.09. The van der Waals surface area contributed by atoms with Gasteiger partial charge in [-0.2, -0.15) is 0 Å². The number of urea groups is 1. The zero-order valence-corrected chi connectivity index (χ0v) is 21.2. The number of ether oxygens (including phenoxy) is 1. The summed E-state index contributed by atoms with van der Waals surface area (Å²) in [5, 5.41) is 14.5. The molecule has 0 bridgehead atoms. The maximum atomic E-state index is 13.0. The highest BCUT2D eigenvalue weighted by Crippen LogP contribution is 2.28. The van der Waals surface area contributed by atoms with Crippen LogP contribution in [-0.2, 0) is 14.3 Å². The van der Waals surface area contributed by atoms with Gasteiger partial charge in [-0.1, -0.05) is 45.4 Å². The van der Waals surface area contributed by atoms with Crippen molar-refractivity contribution in [1.29, 1.82) is 0 Å². The highest BCUT2D eigenvalue weighted by Gasteiger charge is 2.32. The number of morpholine rings is 1. The number of rotatable bonds is 9. The van der Waals surface area contributed by atoms with Crippen LogP contribution < -0.4 is 10.6 Å². The first-order valence-corrected chi connectivity index (χ1v) is 13.2. The molecule has 0 radical (unpaired) electrons. The van der Waals surface area contributed by atoms with E-state index in [0.29, 0.717) is 63.6 Å². The van der Waals surface area contributed by atoms with E-state index in [1.807, 2.05) is 20.8 Å². The Kier molecular flexibility index (Phi) is 10.2. The van der Waals surface area contributed by atoms with Crippen molar-refractivity contribution < 1.29 is 23.5 Å². The quantitative estimate of drug-likeness (QED) is 0.501. The lowest BCUT2D eigenvalue weighted by molar-refractivity contribution is -0.134. The van der Waals surface area contributed by atoms with Crippen LogP contribution in [0, 0.1) is 5.92 Å². The summed E-state index contributed by atoms with van der Waals surface area (Å²) in [5.74, 6) is -1.27. The Hall–Kier alpha value is -2.14. The molecule has 4 amide bonds. The predicted molar refractivity (Wildman–Crippen MR) is 127 cm³/mol. The minimum Gasteiger partial charge on any atom is -0.415 e. The van der Waals surface area contributed by atoms with Gasteiger partial charge < -0.3 is 19.4 Å². The molecule has 1 saturated carbocycles. The van der Waals surface area contributed by atoms with E-state index in [9.17, 15) is 14.4 Å². The summed E-state index contributed by atoms with van der Waals surface area (Å²) in [5.41, 5.74) is 0. The van der Waals surface area contributed by atoms with Crippen LogP contribution in [0.3, 0.4) is 0 Å². The SMILES string of the molecule is CCCC[C@H](C(=O)NC(=O)C1CCC(NC(=O)N2CCOCC2)CC1)c1nnc(SC(C)C)o1. The van der Waals surface area contributed by atoms with Crippen molar-refractivity contribution in [3.63, 3.8) is 0 Å². The van der Waals surface area contributed by atoms with Gasteiger partial charge in [0.1, 0.15) is 5.92 Å². The van der Waals surface area contributed by atoms with Crippen LogP contribution in [-0.4, -0.2) is 70.5 Å². The normalized spacial score (nSPS) is 21.8. The largest absolute Gasteiger partial charge is 0.415 e. The Labute approximate surface area is 205 Å². The van der Waals surface area contributed by atoms with Crippen LogP contribution in [0.4, 0.5) is 4.79 Å². The van der Waals surface area contributed by atoms with E-state index in [0.717, 1.165) is 12.8 Å². The summed E-state index contributed by atoms with van der Waals surface area (Å²) < 4.78 is 11.0. The zero-order valence-electron chi connectivity index (χ0n) is 20.4. The lowest BCUT2D eigenvalue weighted by Gasteiger charge is -2.32. The van der Waals surface area contributed by atoms with Crippen LogP contribution in [0.15, 0.2) is 9.64 Å². The summed E-state index contributed by atoms with van der Waals surface area (Å²) >= 11 is 1.44. The smallest absolute Gasteiger partial charge is 0.317 e. The van der Waals surface area contributed by atoms with Crippen LogP contribution in [0.1, 0.15) is 77.5 Å². The van der Waals surface area contributed by atoms with Crippen LogP contribution in [0.5, 0.6) is 0 Å². The third-order valence-electron chi connectivity index (χ3n) is 6.19. The number of carbonyl (C=O) groups is 3. The second-order valence-corrected chi connectivity index (χ2v) is 10.7. The Balaban J connectivity index is 1.49. The van der Waals surface area contributed by atoms with Crippen molar-refractivity contribution in [2.45, 2.75) is 88.1 Å². The lowest BCUT2D eigenvalue weighted by Crippen LogP contribution is -2.50. The first kappa shape index (κ1) is 26.5. The van der Waals surface area contributed by atoms with E-state index >= 15 is 0 Å². The van der Waals surface area contributed by atoms with Crippen LogP contribution in [0.2, 0.25) is 0 Å². The van der Waals surface area contributed by atoms with Crippen LogP contribution in [0.25, 0.3) is 0 Å². The van der Waals surface area contributed by atoms with Crippen LogP contribution >= 0.6 is 11.8 Å². The third-order valence-corrected chi connectivity index (χ3v) is 7.03. The number of aromatic nitrogens is 2. The molecule has 1 aromatic rings. The molecule has 0 unspecified atom stereocenters. The molecule has 3 rings (SSSR count). The first-order valence-electron chi connectivity index (χ1n) is 12.3. The number of hydrogen-bond acceptors (Lipinski definition) is 8. The second kappa shape index (κ2) is 13.1. The number of amides is 4. The fourth-order valence-corrected chi connectivity index (χ4v) is 4.85. The summed E-state index contributed by atoms with van der Waals surface area (Å²) in [4.78, 5) is 40.0. The number of hydrogen-bond donors (Lipinski definition) is 2. The molecule has 1 saturated heterocycles. The maximum Gasteiger partial charge on any atom is 0.317 e. The number of carbonyl (C=O) groups excluding carboxylic acids is 3. The summed E-state index contributed by atoms with van der Waals surface area (Å²) in [7, 11) is 0. The van der Waals surface area contributed by atoms with Gasteiger partial charge in [-0.3, -0.25) is 14.9 Å². The molecule has 2 heterocycles. The molecule has 0 aromatic carbocycles. The van der Waals surface area contributed by atoms with Gasteiger partial charge in [0.2, 0.25) is 17.7 Å². The minimum atomic E-state index is -0.637. The van der Waals surface area contributed by atoms with E-state index < -0.39 is 5.92 Å². The van der Waals surface area contributed by atoms with E-state index in [1.165, 1.54) is 11.8 Å². The zero-order chi connectivity index (χ0) is 24.5. The van der Waals surface area contributed by atoms with Crippen molar-refractivity contribution in [1.82, 2.24) is 25.7 Å². The van der Waals surface area contributed by atoms with Crippen molar-refractivity contribution in [2.75, 3.05) is 26.3 Å². The number of imide groups is 1. The average molecular weight is 496 g/mol.